The molecule has 8 aromatic carbocycles. The summed E-state index contributed by atoms with van der Waals surface area (Å²) < 4.78 is 4.62. The lowest BCUT2D eigenvalue weighted by molar-refractivity contribution is 0.661. The molecule has 0 amide bonds. The molecule has 12 rings (SSSR count). The van der Waals surface area contributed by atoms with Crippen molar-refractivity contribution in [1.82, 2.24) is 19.1 Å². The molecule has 0 aliphatic heterocycles. The summed E-state index contributed by atoms with van der Waals surface area (Å²) in [5, 5.41) is 14.5. The normalized spacial score (nSPS) is 12.9. The number of para-hydroxylation sites is 2. The first kappa shape index (κ1) is 34.9. The first-order chi connectivity index (χ1) is 29.9. The van der Waals surface area contributed by atoms with E-state index >= 15 is 0 Å². The summed E-state index contributed by atoms with van der Waals surface area (Å²) in [4.78, 5) is 10.5. The second-order valence-electron chi connectivity index (χ2n) is 16.6. The standard InChI is InChI=1S/C56H37N5/c1-56(2)47-22-11-9-20-41(47)44-31-46-45-29-37(25-27-52(45)60(54(46)32-48(44)56)40-18-7-4-8-19-40)38-24-26-43-42-21-10-12-23-51(42)61(53(43)30-38)55-58-49(36-15-5-3-6-16-36)33-50(59-55)39-17-13-14-35(28-39)34-57/h3-33H,1-2H3. The summed E-state index contributed by atoms with van der Waals surface area (Å²) in [6.45, 7) is 4.70. The van der Waals surface area contributed by atoms with E-state index in [9.17, 15) is 5.26 Å². The summed E-state index contributed by atoms with van der Waals surface area (Å²) >= 11 is 0. The quantitative estimate of drug-likeness (QED) is 0.175. The fourth-order valence-electron chi connectivity index (χ4n) is 9.80. The maximum atomic E-state index is 9.77. The third-order valence-corrected chi connectivity index (χ3v) is 12.8. The zero-order valence-electron chi connectivity index (χ0n) is 33.6. The van der Waals surface area contributed by atoms with Crippen molar-refractivity contribution in [2.24, 2.45) is 0 Å². The third kappa shape index (κ3) is 5.32. The Balaban J connectivity index is 1.09. The molecule has 3 heterocycles. The fraction of sp³-hybridized carbons (Fsp3) is 0.0536. The Hall–Kier alpha value is -8.07. The molecule has 286 valence electrons. The highest BCUT2D eigenvalue weighted by molar-refractivity contribution is 6.14. The summed E-state index contributed by atoms with van der Waals surface area (Å²) in [6, 6.07) is 68.8. The van der Waals surface area contributed by atoms with Gasteiger partial charge in [0, 0.05) is 43.8 Å². The lowest BCUT2D eigenvalue weighted by atomic mass is 9.82. The minimum absolute atomic E-state index is 0.108. The molecule has 0 saturated carbocycles. The Morgan fingerprint density at radius 1 is 0.426 bits per heavy atom. The SMILES string of the molecule is CC1(C)c2ccccc2-c2cc3c4cc(-c5ccc6c7ccccc7n(-c7nc(-c8ccccc8)cc(-c8cccc(C#N)c8)n7)c6c5)ccc4n(-c4ccccc4)c3cc21. The van der Waals surface area contributed by atoms with Gasteiger partial charge in [0.15, 0.2) is 0 Å². The van der Waals surface area contributed by atoms with Crippen LogP contribution in [0.5, 0.6) is 0 Å². The van der Waals surface area contributed by atoms with Crippen LogP contribution in [0.4, 0.5) is 0 Å². The van der Waals surface area contributed by atoms with Crippen LogP contribution in [0.25, 0.3) is 100 Å². The molecule has 0 fully saturated rings. The molecule has 5 heteroatoms. The summed E-state index contributed by atoms with van der Waals surface area (Å²) in [6.07, 6.45) is 0. The number of benzene rings is 8. The van der Waals surface area contributed by atoms with Gasteiger partial charge in [0.05, 0.1) is 45.1 Å². The van der Waals surface area contributed by atoms with Crippen LogP contribution < -0.4 is 0 Å². The number of aromatic nitrogens is 4. The highest BCUT2D eigenvalue weighted by Gasteiger charge is 2.36. The summed E-state index contributed by atoms with van der Waals surface area (Å²) in [5.41, 5.74) is 17.1. The first-order valence-electron chi connectivity index (χ1n) is 20.7. The molecular weight excluding hydrogens is 743 g/mol. The van der Waals surface area contributed by atoms with Crippen molar-refractivity contribution < 1.29 is 0 Å². The Kier molecular flexibility index (Phi) is 7.57. The van der Waals surface area contributed by atoms with E-state index < -0.39 is 0 Å². The maximum absolute atomic E-state index is 9.77. The monoisotopic (exact) mass is 779 g/mol. The average molecular weight is 780 g/mol. The van der Waals surface area contributed by atoms with Gasteiger partial charge in [-0.3, -0.25) is 4.57 Å². The predicted octanol–water partition coefficient (Wildman–Crippen LogP) is 13.8. The number of hydrogen-bond acceptors (Lipinski definition) is 3. The minimum atomic E-state index is -0.108. The molecule has 0 radical (unpaired) electrons. The highest BCUT2D eigenvalue weighted by Crippen LogP contribution is 2.51. The van der Waals surface area contributed by atoms with E-state index in [1.807, 2.05) is 48.5 Å². The van der Waals surface area contributed by atoms with Gasteiger partial charge in [-0.2, -0.15) is 5.26 Å². The summed E-state index contributed by atoms with van der Waals surface area (Å²) in [7, 11) is 0. The van der Waals surface area contributed by atoms with Gasteiger partial charge in [0.1, 0.15) is 0 Å². The third-order valence-electron chi connectivity index (χ3n) is 12.8. The number of nitrogens with zero attached hydrogens (tertiary/aromatic N) is 5. The van der Waals surface area contributed by atoms with Crippen molar-refractivity contribution in [3.05, 3.63) is 205 Å². The number of rotatable bonds is 5. The van der Waals surface area contributed by atoms with Crippen LogP contribution in [0, 0.1) is 11.3 Å². The second kappa shape index (κ2) is 13.2. The average Bonchev–Trinajstić information content (AvgIpc) is 3.90. The van der Waals surface area contributed by atoms with E-state index in [1.54, 1.807) is 0 Å². The molecule has 3 aromatic heterocycles. The molecule has 0 atom stereocenters. The predicted molar refractivity (Wildman–Crippen MR) is 249 cm³/mol. The van der Waals surface area contributed by atoms with Crippen molar-refractivity contribution in [3.63, 3.8) is 0 Å². The Bertz CT molecular complexity index is 3620. The van der Waals surface area contributed by atoms with Crippen LogP contribution in [0.15, 0.2) is 188 Å². The topological polar surface area (TPSA) is 59.4 Å². The maximum Gasteiger partial charge on any atom is 0.235 e. The van der Waals surface area contributed by atoms with Gasteiger partial charge in [-0.05, 0) is 100 Å². The van der Waals surface area contributed by atoms with Crippen LogP contribution in [-0.4, -0.2) is 19.1 Å². The lowest BCUT2D eigenvalue weighted by Gasteiger charge is -2.21. The van der Waals surface area contributed by atoms with Crippen molar-refractivity contribution in [2.45, 2.75) is 19.3 Å². The van der Waals surface area contributed by atoms with Crippen LogP contribution in [0.1, 0.15) is 30.5 Å². The largest absolute Gasteiger partial charge is 0.309 e. The van der Waals surface area contributed by atoms with Crippen LogP contribution in [0.2, 0.25) is 0 Å². The molecule has 0 spiro atoms. The van der Waals surface area contributed by atoms with E-state index in [4.69, 9.17) is 9.97 Å². The van der Waals surface area contributed by atoms with E-state index in [2.05, 4.69) is 169 Å². The Labute approximate surface area is 353 Å². The zero-order valence-corrected chi connectivity index (χ0v) is 33.6. The molecule has 61 heavy (non-hydrogen) atoms. The van der Waals surface area contributed by atoms with Crippen LogP contribution in [0.3, 0.4) is 0 Å². The Morgan fingerprint density at radius 3 is 1.90 bits per heavy atom. The van der Waals surface area contributed by atoms with Gasteiger partial charge >= 0.3 is 0 Å². The molecule has 0 saturated heterocycles. The molecule has 1 aliphatic rings. The van der Waals surface area contributed by atoms with Gasteiger partial charge in [-0.15, -0.1) is 0 Å². The van der Waals surface area contributed by atoms with Crippen molar-refractivity contribution >= 4 is 43.6 Å². The lowest BCUT2D eigenvalue weighted by Crippen LogP contribution is -2.14. The minimum Gasteiger partial charge on any atom is -0.309 e. The molecule has 0 N–H and O–H groups in total. The molecule has 11 aromatic rings. The first-order valence-corrected chi connectivity index (χ1v) is 20.7. The van der Waals surface area contributed by atoms with Gasteiger partial charge in [-0.25, -0.2) is 9.97 Å². The molecular formula is C56H37N5. The zero-order chi connectivity index (χ0) is 40.8. The molecule has 5 nitrogen and oxygen atoms in total. The smallest absolute Gasteiger partial charge is 0.235 e. The van der Waals surface area contributed by atoms with Gasteiger partial charge in [0.2, 0.25) is 5.95 Å². The van der Waals surface area contributed by atoms with E-state index in [0.717, 1.165) is 61.1 Å². The van der Waals surface area contributed by atoms with Gasteiger partial charge in [-0.1, -0.05) is 135 Å². The van der Waals surface area contributed by atoms with Gasteiger partial charge in [0.25, 0.3) is 0 Å². The van der Waals surface area contributed by atoms with Gasteiger partial charge < -0.3 is 4.57 Å². The molecule has 0 bridgehead atoms. The van der Waals surface area contributed by atoms with Crippen molar-refractivity contribution in [1.29, 1.82) is 5.26 Å². The second-order valence-corrected chi connectivity index (χ2v) is 16.6. The highest BCUT2D eigenvalue weighted by atomic mass is 15.2. The van der Waals surface area contributed by atoms with E-state index in [-0.39, 0.29) is 5.41 Å². The van der Waals surface area contributed by atoms with Crippen molar-refractivity contribution in [3.8, 4) is 62.5 Å². The Morgan fingerprint density at radius 2 is 1.07 bits per heavy atom. The number of nitriles is 1. The van der Waals surface area contributed by atoms with E-state index in [0.29, 0.717) is 11.5 Å². The number of fused-ring (bicyclic) bond motifs is 9. The number of hydrogen-bond donors (Lipinski definition) is 0. The molecule has 1 aliphatic carbocycles. The van der Waals surface area contributed by atoms with Crippen LogP contribution in [-0.2, 0) is 5.41 Å². The molecule has 0 unspecified atom stereocenters. The summed E-state index contributed by atoms with van der Waals surface area (Å²) in [5.74, 6) is 0.570. The van der Waals surface area contributed by atoms with Crippen LogP contribution >= 0.6 is 0 Å². The fourth-order valence-corrected chi connectivity index (χ4v) is 9.80. The van der Waals surface area contributed by atoms with E-state index in [1.165, 1.54) is 44.1 Å². The van der Waals surface area contributed by atoms with Crippen molar-refractivity contribution in [2.75, 3.05) is 0 Å².